The number of hydrogen-bond acceptors (Lipinski definition) is 2. The summed E-state index contributed by atoms with van der Waals surface area (Å²) in [7, 11) is 0. The molecule has 3 heteroatoms. The van der Waals surface area contributed by atoms with E-state index in [2.05, 4.69) is 11.2 Å². The van der Waals surface area contributed by atoms with E-state index in [4.69, 9.17) is 11.5 Å². The summed E-state index contributed by atoms with van der Waals surface area (Å²) in [4.78, 5) is 11.3. The highest BCUT2D eigenvalue weighted by Gasteiger charge is 2.07. The summed E-state index contributed by atoms with van der Waals surface area (Å²) in [6.07, 6.45) is 8.77. The number of unbranched alkanes of at least 4 members (excludes halogenated alkanes) is 2. The zero-order chi connectivity index (χ0) is 10.8. The Hall–Kier alpha value is -1.01. The molecule has 0 heterocycles. The van der Waals surface area contributed by atoms with E-state index in [-0.39, 0.29) is 18.6 Å². The van der Waals surface area contributed by atoms with Crippen molar-refractivity contribution in [2.24, 2.45) is 0 Å². The quantitative estimate of drug-likeness (QED) is 0.474. The van der Waals surface area contributed by atoms with Crippen LogP contribution < -0.4 is 5.32 Å². The number of nitrogens with one attached hydrogen (secondary N) is 1. The maximum atomic E-state index is 11.3. The zero-order valence-corrected chi connectivity index (χ0v) is 8.75. The number of hydrogen-bond donors (Lipinski definition) is 2. The molecule has 0 aliphatic heterocycles. The number of aliphatic hydroxyl groups excluding tert-OH is 1. The molecule has 0 unspecified atom stereocenters. The number of amides is 1. The predicted octanol–water partition coefficient (Wildman–Crippen LogP) is 1.07. The summed E-state index contributed by atoms with van der Waals surface area (Å²) >= 11 is 0. The molecule has 0 aromatic heterocycles. The highest BCUT2D eigenvalue weighted by atomic mass is 16.3. The van der Waals surface area contributed by atoms with Gasteiger partial charge >= 0.3 is 0 Å². The summed E-state index contributed by atoms with van der Waals surface area (Å²) < 4.78 is 0. The van der Waals surface area contributed by atoms with E-state index in [1.165, 1.54) is 0 Å². The van der Waals surface area contributed by atoms with Gasteiger partial charge in [0.2, 0.25) is 5.91 Å². The van der Waals surface area contributed by atoms with Gasteiger partial charge in [0.25, 0.3) is 0 Å². The average Bonchev–Trinajstić information content (AvgIpc) is 2.21. The Labute approximate surface area is 85.9 Å². The molecule has 0 aromatic carbocycles. The van der Waals surface area contributed by atoms with Gasteiger partial charge in [-0.05, 0) is 19.3 Å². The van der Waals surface area contributed by atoms with Crippen LogP contribution in [0.2, 0.25) is 0 Å². The second-order valence-electron chi connectivity index (χ2n) is 3.27. The molecule has 0 aliphatic carbocycles. The lowest BCUT2D eigenvalue weighted by atomic mass is 10.1. The molecular weight excluding hydrogens is 178 g/mol. The van der Waals surface area contributed by atoms with E-state index in [0.717, 1.165) is 25.7 Å². The Kier molecular flexibility index (Phi) is 7.96. The van der Waals surface area contributed by atoms with Gasteiger partial charge in [-0.2, -0.15) is 0 Å². The third kappa shape index (κ3) is 6.50. The van der Waals surface area contributed by atoms with Crippen LogP contribution >= 0.6 is 0 Å². The fraction of sp³-hybridized carbons (Fsp3) is 0.727. The summed E-state index contributed by atoms with van der Waals surface area (Å²) in [6, 6.07) is -0.102. The number of carbonyl (C=O) groups excluding carboxylic acids is 1. The van der Waals surface area contributed by atoms with Crippen molar-refractivity contribution in [1.82, 2.24) is 5.32 Å². The van der Waals surface area contributed by atoms with Crippen LogP contribution in [0.5, 0.6) is 0 Å². The molecule has 3 nitrogen and oxygen atoms in total. The molecule has 80 valence electrons. The number of rotatable bonds is 7. The Balaban J connectivity index is 3.50. The highest BCUT2D eigenvalue weighted by Crippen LogP contribution is 1.99. The van der Waals surface area contributed by atoms with Crippen LogP contribution in [-0.4, -0.2) is 23.7 Å². The van der Waals surface area contributed by atoms with E-state index >= 15 is 0 Å². The van der Waals surface area contributed by atoms with Crippen molar-refractivity contribution in [3.05, 3.63) is 0 Å². The van der Waals surface area contributed by atoms with E-state index in [1.54, 1.807) is 0 Å². The third-order valence-electron chi connectivity index (χ3n) is 2.05. The maximum absolute atomic E-state index is 11.3. The topological polar surface area (TPSA) is 49.3 Å². The molecule has 0 bridgehead atoms. The Morgan fingerprint density at radius 1 is 1.57 bits per heavy atom. The number of terminal acetylenes is 1. The van der Waals surface area contributed by atoms with Gasteiger partial charge < -0.3 is 10.4 Å². The fourth-order valence-electron chi connectivity index (χ4n) is 1.09. The molecule has 0 saturated heterocycles. The summed E-state index contributed by atoms with van der Waals surface area (Å²) in [5.41, 5.74) is 0. The maximum Gasteiger partial charge on any atom is 0.220 e. The smallest absolute Gasteiger partial charge is 0.220 e. The molecule has 0 aliphatic rings. The first-order valence-corrected chi connectivity index (χ1v) is 5.08. The minimum Gasteiger partial charge on any atom is -0.394 e. The monoisotopic (exact) mass is 197 g/mol. The minimum atomic E-state index is -0.102. The first-order valence-electron chi connectivity index (χ1n) is 5.08. The molecule has 2 N–H and O–H groups in total. The van der Waals surface area contributed by atoms with Crippen LogP contribution in [-0.2, 0) is 4.79 Å². The first-order chi connectivity index (χ1) is 6.74. The number of carbonyl (C=O) groups is 1. The molecular formula is C11H19NO2. The van der Waals surface area contributed by atoms with Crippen LogP contribution in [0.15, 0.2) is 0 Å². The van der Waals surface area contributed by atoms with Crippen LogP contribution in [0, 0.1) is 12.3 Å². The first kappa shape index (κ1) is 13.0. The lowest BCUT2D eigenvalue weighted by molar-refractivity contribution is -0.122. The molecule has 0 radical (unpaired) electrons. The fourth-order valence-corrected chi connectivity index (χ4v) is 1.09. The summed E-state index contributed by atoms with van der Waals surface area (Å²) in [5.74, 6) is 2.54. The van der Waals surface area contributed by atoms with Crippen molar-refractivity contribution >= 4 is 5.91 Å². The van der Waals surface area contributed by atoms with Crippen molar-refractivity contribution in [1.29, 1.82) is 0 Å². The summed E-state index contributed by atoms with van der Waals surface area (Å²) in [6.45, 7) is 1.94. The second-order valence-corrected chi connectivity index (χ2v) is 3.27. The molecule has 1 atom stereocenters. The zero-order valence-electron chi connectivity index (χ0n) is 8.75. The van der Waals surface area contributed by atoms with Gasteiger partial charge in [-0.3, -0.25) is 4.79 Å². The summed E-state index contributed by atoms with van der Waals surface area (Å²) in [5, 5.41) is 11.6. The van der Waals surface area contributed by atoms with Crippen LogP contribution in [0.4, 0.5) is 0 Å². The predicted molar refractivity (Wildman–Crippen MR) is 56.6 cm³/mol. The van der Waals surface area contributed by atoms with Crippen LogP contribution in [0.3, 0.4) is 0 Å². The standard InChI is InChI=1S/C11H19NO2/c1-3-5-6-7-8-11(14)12-10(4-2)9-13/h1,10,13H,4-9H2,2H3,(H,12,14)/t10-/m0/s1. The van der Waals surface area contributed by atoms with Gasteiger partial charge in [-0.25, -0.2) is 0 Å². The van der Waals surface area contributed by atoms with E-state index in [1.807, 2.05) is 6.92 Å². The SMILES string of the molecule is C#CCCCCC(=O)N[C@@H](CC)CO. The molecule has 1 amide bonds. The van der Waals surface area contributed by atoms with Crippen LogP contribution in [0.25, 0.3) is 0 Å². The Morgan fingerprint density at radius 3 is 2.79 bits per heavy atom. The van der Waals surface area contributed by atoms with E-state index < -0.39 is 0 Å². The molecule has 0 spiro atoms. The number of aliphatic hydroxyl groups is 1. The second kappa shape index (κ2) is 8.58. The highest BCUT2D eigenvalue weighted by molar-refractivity contribution is 5.76. The third-order valence-corrected chi connectivity index (χ3v) is 2.05. The average molecular weight is 197 g/mol. The van der Waals surface area contributed by atoms with Crippen molar-refractivity contribution in [2.45, 2.75) is 45.1 Å². The normalized spacial score (nSPS) is 11.8. The molecule has 0 rings (SSSR count). The minimum absolute atomic E-state index is 0.00271. The van der Waals surface area contributed by atoms with Gasteiger partial charge in [-0.1, -0.05) is 6.92 Å². The van der Waals surface area contributed by atoms with Gasteiger partial charge in [0.1, 0.15) is 0 Å². The van der Waals surface area contributed by atoms with Crippen molar-refractivity contribution in [3.63, 3.8) is 0 Å². The van der Waals surface area contributed by atoms with Gasteiger partial charge in [0.05, 0.1) is 12.6 Å². The molecule has 0 aromatic rings. The van der Waals surface area contributed by atoms with Crippen molar-refractivity contribution in [3.8, 4) is 12.3 Å². The Bertz CT molecular complexity index is 192. The lowest BCUT2D eigenvalue weighted by Crippen LogP contribution is -2.36. The van der Waals surface area contributed by atoms with E-state index in [9.17, 15) is 4.79 Å². The van der Waals surface area contributed by atoms with Gasteiger partial charge in [-0.15, -0.1) is 12.3 Å². The lowest BCUT2D eigenvalue weighted by Gasteiger charge is -2.13. The Morgan fingerprint density at radius 2 is 2.29 bits per heavy atom. The van der Waals surface area contributed by atoms with Crippen LogP contribution in [0.1, 0.15) is 39.0 Å². The van der Waals surface area contributed by atoms with Gasteiger partial charge in [0, 0.05) is 12.8 Å². The van der Waals surface area contributed by atoms with Crippen molar-refractivity contribution < 1.29 is 9.90 Å². The van der Waals surface area contributed by atoms with Gasteiger partial charge in [0.15, 0.2) is 0 Å². The molecule has 0 fully saturated rings. The van der Waals surface area contributed by atoms with E-state index in [0.29, 0.717) is 6.42 Å². The largest absolute Gasteiger partial charge is 0.394 e. The van der Waals surface area contributed by atoms with Crippen molar-refractivity contribution in [2.75, 3.05) is 6.61 Å². The molecule has 0 saturated carbocycles. The molecule has 14 heavy (non-hydrogen) atoms.